The lowest BCUT2D eigenvalue weighted by Gasteiger charge is -2.58. The third kappa shape index (κ3) is 6.00. The Labute approximate surface area is 217 Å². The maximum absolute atomic E-state index is 2.81. The molecule has 8 unspecified atom stereocenters. The minimum absolute atomic E-state index is 0.577. The molecule has 4 fully saturated rings. The van der Waals surface area contributed by atoms with Gasteiger partial charge < -0.3 is 0 Å². The van der Waals surface area contributed by atoms with Crippen LogP contribution in [0.25, 0.3) is 0 Å². The van der Waals surface area contributed by atoms with Gasteiger partial charge in [0.05, 0.1) is 0 Å². The molecule has 1 saturated heterocycles. The molecule has 0 spiro atoms. The smallest absolute Gasteiger partial charge is 0.00851 e. The quantitative estimate of drug-likeness (QED) is 0.198. The van der Waals surface area contributed by atoms with Crippen molar-refractivity contribution >= 4 is 8.58 Å². The van der Waals surface area contributed by atoms with Crippen molar-refractivity contribution < 1.29 is 0 Å². The highest BCUT2D eigenvalue weighted by molar-refractivity contribution is 7.47. The van der Waals surface area contributed by atoms with Crippen LogP contribution in [0.4, 0.5) is 0 Å². The minimum Gasteiger partial charge on any atom is -0.118 e. The normalized spacial score (nSPS) is 42.9. The predicted molar refractivity (Wildman–Crippen MR) is 156 cm³/mol. The summed E-state index contributed by atoms with van der Waals surface area (Å²) in [6.45, 7) is 18.5. The molecule has 1 heterocycles. The molecule has 0 N–H and O–H groups in total. The van der Waals surface area contributed by atoms with Crippen molar-refractivity contribution in [2.75, 3.05) is 6.16 Å². The molecular weight excluding hydrogens is 427 g/mol. The lowest BCUT2D eigenvalue weighted by atomic mass is 9.47. The summed E-state index contributed by atoms with van der Waals surface area (Å²) in [5.41, 5.74) is 4.32. The van der Waals surface area contributed by atoms with Crippen LogP contribution >= 0.6 is 8.58 Å². The number of unbranched alkanes of at least 4 members (excludes halogenated alkanes) is 1. The molecule has 3 saturated carbocycles. The third-order valence-electron chi connectivity index (χ3n) is 10.9. The van der Waals surface area contributed by atoms with Crippen LogP contribution in [0, 0.1) is 46.3 Å². The van der Waals surface area contributed by atoms with Gasteiger partial charge >= 0.3 is 0 Å². The van der Waals surface area contributed by atoms with Gasteiger partial charge in [0.15, 0.2) is 0 Å². The van der Waals surface area contributed by atoms with E-state index in [4.69, 9.17) is 0 Å². The fourth-order valence-electron chi connectivity index (χ4n) is 8.96. The zero-order chi connectivity index (χ0) is 24.9. The summed E-state index contributed by atoms with van der Waals surface area (Å²) in [4.78, 5) is 0. The molecule has 34 heavy (non-hydrogen) atoms. The Balaban J connectivity index is 0.000000603. The van der Waals surface area contributed by atoms with Gasteiger partial charge in [0.2, 0.25) is 0 Å². The molecule has 0 radical (unpaired) electrons. The van der Waals surface area contributed by atoms with Crippen LogP contribution in [-0.2, 0) is 0 Å². The van der Waals surface area contributed by atoms with Crippen molar-refractivity contribution in [2.45, 2.75) is 145 Å². The third-order valence-corrected chi connectivity index (χ3v) is 12.3. The Morgan fingerprint density at radius 1 is 0.971 bits per heavy atom. The SMILES string of the molecule is CC.CC(C)CCCC[C@H]1CCC2C3CC=C4CC(C5CP5)CCC4(C)C3CCC21C.CCC. The zero-order valence-electron chi connectivity index (χ0n) is 24.5. The molecule has 1 aliphatic heterocycles. The lowest BCUT2D eigenvalue weighted by molar-refractivity contribution is -0.0453. The molecule has 0 aromatic heterocycles. The van der Waals surface area contributed by atoms with E-state index in [1.54, 1.807) is 38.3 Å². The van der Waals surface area contributed by atoms with E-state index in [0.29, 0.717) is 10.8 Å². The summed E-state index contributed by atoms with van der Waals surface area (Å²) in [5, 5.41) is 0. The van der Waals surface area contributed by atoms with Gasteiger partial charge in [-0.3, -0.25) is 0 Å². The van der Waals surface area contributed by atoms with E-state index >= 15 is 0 Å². The van der Waals surface area contributed by atoms with Crippen LogP contribution in [0.2, 0.25) is 0 Å². The van der Waals surface area contributed by atoms with Gasteiger partial charge in [-0.2, -0.15) is 0 Å². The van der Waals surface area contributed by atoms with Crippen molar-refractivity contribution in [3.8, 4) is 0 Å². The summed E-state index contributed by atoms with van der Waals surface area (Å²) in [5.74, 6) is 6.06. The molecule has 5 aliphatic rings. The highest BCUT2D eigenvalue weighted by Crippen LogP contribution is 2.67. The van der Waals surface area contributed by atoms with E-state index in [2.05, 4.69) is 47.6 Å². The maximum atomic E-state index is 2.81. The molecule has 0 aromatic rings. The standard InChI is InChI=1S/C28H47P.C3H8.C2H6/c1-19(2)7-5-6-8-21-10-12-24-23-11-9-22-17-20(26-18-29-26)13-15-28(22,4)25(23)14-16-27(21,24)3;1-3-2;1-2/h9,19-21,23-26,29H,5-8,10-18H2,1-4H3;3H2,1-2H3;1-2H3/t20?,21-,23?,24?,25?,26?,27?,28?;;/m0../s1. The molecule has 0 bridgehead atoms. The molecule has 0 amide bonds. The second kappa shape index (κ2) is 12.6. The van der Waals surface area contributed by atoms with Crippen molar-refractivity contribution in [1.29, 1.82) is 0 Å². The van der Waals surface area contributed by atoms with Crippen molar-refractivity contribution in [3.05, 3.63) is 11.6 Å². The highest BCUT2D eigenvalue weighted by Gasteiger charge is 2.58. The van der Waals surface area contributed by atoms with Crippen LogP contribution < -0.4 is 0 Å². The van der Waals surface area contributed by atoms with E-state index in [0.717, 1.165) is 41.2 Å². The maximum Gasteiger partial charge on any atom is -0.00851 e. The summed E-state index contributed by atoms with van der Waals surface area (Å²) in [6.07, 6.45) is 23.7. The van der Waals surface area contributed by atoms with Crippen molar-refractivity contribution in [1.82, 2.24) is 0 Å². The first-order chi connectivity index (χ1) is 16.3. The average Bonchev–Trinajstić information content (AvgIpc) is 3.61. The number of fused-ring (bicyclic) bond motifs is 5. The second-order valence-electron chi connectivity index (χ2n) is 13.5. The van der Waals surface area contributed by atoms with Crippen LogP contribution in [0.15, 0.2) is 11.6 Å². The highest BCUT2D eigenvalue weighted by atomic mass is 31.1. The molecular formula is C33H61P. The first-order valence-electron chi connectivity index (χ1n) is 15.8. The first kappa shape index (κ1) is 28.7. The molecule has 9 atom stereocenters. The summed E-state index contributed by atoms with van der Waals surface area (Å²) < 4.78 is 0. The molecule has 0 nitrogen and oxygen atoms in total. The second-order valence-corrected chi connectivity index (χ2v) is 15.0. The van der Waals surface area contributed by atoms with Crippen LogP contribution in [0.1, 0.15) is 139 Å². The van der Waals surface area contributed by atoms with E-state index in [-0.39, 0.29) is 0 Å². The Morgan fingerprint density at radius 2 is 1.68 bits per heavy atom. The predicted octanol–water partition coefficient (Wildman–Crippen LogP) is 10.9. The van der Waals surface area contributed by atoms with E-state index in [1.165, 1.54) is 59.9 Å². The Bertz CT molecular complexity index is 645. The Hall–Kier alpha value is 0.170. The molecule has 0 aromatic carbocycles. The first-order valence-corrected chi connectivity index (χ1v) is 17.0. The van der Waals surface area contributed by atoms with Gasteiger partial charge in [0.25, 0.3) is 0 Å². The minimum atomic E-state index is 0.577. The lowest BCUT2D eigenvalue weighted by Crippen LogP contribution is -2.50. The van der Waals surface area contributed by atoms with Gasteiger partial charge in [-0.05, 0) is 116 Å². The van der Waals surface area contributed by atoms with Crippen LogP contribution in [-0.4, -0.2) is 11.8 Å². The van der Waals surface area contributed by atoms with Crippen molar-refractivity contribution in [3.63, 3.8) is 0 Å². The van der Waals surface area contributed by atoms with E-state index in [1.807, 2.05) is 19.4 Å². The molecule has 5 rings (SSSR count). The van der Waals surface area contributed by atoms with Gasteiger partial charge in [-0.1, -0.05) is 92.7 Å². The molecule has 1 heteroatoms. The van der Waals surface area contributed by atoms with Crippen molar-refractivity contribution in [2.24, 2.45) is 46.3 Å². The van der Waals surface area contributed by atoms with Gasteiger partial charge in [0, 0.05) is 0 Å². The molecule has 198 valence electrons. The summed E-state index contributed by atoms with van der Waals surface area (Å²) >= 11 is 0. The fraction of sp³-hybridized carbons (Fsp3) is 0.939. The number of hydrogen-bond acceptors (Lipinski definition) is 0. The number of hydrogen-bond donors (Lipinski definition) is 0. The largest absolute Gasteiger partial charge is 0.118 e. The topological polar surface area (TPSA) is 0 Å². The van der Waals surface area contributed by atoms with Gasteiger partial charge in [0.1, 0.15) is 0 Å². The number of rotatable bonds is 6. The summed E-state index contributed by atoms with van der Waals surface area (Å²) in [6, 6.07) is 0. The van der Waals surface area contributed by atoms with Crippen LogP contribution in [0.3, 0.4) is 0 Å². The summed E-state index contributed by atoms with van der Waals surface area (Å²) in [7, 11) is 1.31. The fourth-order valence-corrected chi connectivity index (χ4v) is 10.0. The number of allylic oxidation sites excluding steroid dienone is 2. The van der Waals surface area contributed by atoms with E-state index in [9.17, 15) is 0 Å². The van der Waals surface area contributed by atoms with Gasteiger partial charge in [-0.15, -0.1) is 8.58 Å². The molecule has 4 aliphatic carbocycles. The zero-order valence-corrected chi connectivity index (χ0v) is 25.5. The average molecular weight is 489 g/mol. The van der Waals surface area contributed by atoms with Gasteiger partial charge in [-0.25, -0.2) is 0 Å². The van der Waals surface area contributed by atoms with Crippen LogP contribution in [0.5, 0.6) is 0 Å². The Kier molecular flexibility index (Phi) is 10.7. The van der Waals surface area contributed by atoms with E-state index < -0.39 is 0 Å². The Morgan fingerprint density at radius 3 is 2.32 bits per heavy atom. The monoisotopic (exact) mass is 488 g/mol.